The molecule has 0 aromatic carbocycles. The van der Waals surface area contributed by atoms with Crippen molar-refractivity contribution in [1.29, 1.82) is 0 Å². The molecule has 0 aliphatic rings. The molecule has 0 spiro atoms. The largest absolute Gasteiger partial charge is 0.396 e. The quantitative estimate of drug-likeness (QED) is 0.320. The van der Waals surface area contributed by atoms with E-state index in [1.165, 1.54) is 0 Å². The summed E-state index contributed by atoms with van der Waals surface area (Å²) in [5, 5.41) is 8.90. The van der Waals surface area contributed by atoms with E-state index in [0.717, 1.165) is 44.9 Å². The van der Waals surface area contributed by atoms with Gasteiger partial charge in [0.25, 0.3) is 0 Å². The fourth-order valence-corrected chi connectivity index (χ4v) is 1.81. The van der Waals surface area contributed by atoms with Crippen molar-refractivity contribution in [1.82, 2.24) is 0 Å². The molecular weight excluding hydrogens is 268 g/mol. The van der Waals surface area contributed by atoms with Gasteiger partial charge in [-0.1, -0.05) is 74.6 Å². The molecule has 0 aromatic rings. The van der Waals surface area contributed by atoms with Gasteiger partial charge in [-0.25, -0.2) is 0 Å². The summed E-state index contributed by atoms with van der Waals surface area (Å²) in [5.74, 6) is 0.383. The van der Waals surface area contributed by atoms with Gasteiger partial charge in [-0.2, -0.15) is 0 Å². The second kappa shape index (κ2) is 17.7. The molecule has 1 unspecified atom stereocenters. The van der Waals surface area contributed by atoms with Crippen LogP contribution >= 0.6 is 0 Å². The topological polar surface area (TPSA) is 20.2 Å². The molecule has 0 aliphatic carbocycles. The molecule has 0 aromatic heterocycles. The highest BCUT2D eigenvalue weighted by atomic mass is 16.3. The molecule has 1 atom stereocenters. The van der Waals surface area contributed by atoms with E-state index in [2.05, 4.69) is 74.6 Å². The highest BCUT2D eigenvalue weighted by Crippen LogP contribution is 2.03. The standard InChI is InChI=1S/C21H34O/c1-3-4-5-6-7-8-9-10-11-12-13-14-15-16-17-18-19-21(2)20-22/h4-5,7-8,10-11,13-14,17-18,21-22H,3,6,9,12,15-16,19-20H2,1-2H3. The van der Waals surface area contributed by atoms with Crippen LogP contribution in [0.4, 0.5) is 0 Å². The molecule has 0 fully saturated rings. The minimum atomic E-state index is 0.279. The first kappa shape index (κ1) is 20.7. The highest BCUT2D eigenvalue weighted by Gasteiger charge is 1.93. The molecule has 0 bridgehead atoms. The van der Waals surface area contributed by atoms with Crippen LogP contribution in [0.2, 0.25) is 0 Å². The van der Waals surface area contributed by atoms with Crippen molar-refractivity contribution in [2.24, 2.45) is 5.92 Å². The van der Waals surface area contributed by atoms with E-state index in [-0.39, 0.29) is 6.61 Å². The first-order valence-electron chi connectivity index (χ1n) is 8.67. The smallest absolute Gasteiger partial charge is 0.0459 e. The van der Waals surface area contributed by atoms with E-state index < -0.39 is 0 Å². The van der Waals surface area contributed by atoms with E-state index >= 15 is 0 Å². The average molecular weight is 303 g/mol. The fraction of sp³-hybridized carbons (Fsp3) is 0.524. The number of hydrogen-bond acceptors (Lipinski definition) is 1. The van der Waals surface area contributed by atoms with Crippen molar-refractivity contribution in [2.75, 3.05) is 6.61 Å². The first-order valence-corrected chi connectivity index (χ1v) is 8.67. The molecule has 0 saturated carbocycles. The number of aliphatic hydroxyl groups excluding tert-OH is 1. The van der Waals surface area contributed by atoms with Gasteiger partial charge >= 0.3 is 0 Å². The molecule has 1 heteroatoms. The highest BCUT2D eigenvalue weighted by molar-refractivity contribution is 4.99. The molecule has 0 radical (unpaired) electrons. The van der Waals surface area contributed by atoms with Gasteiger partial charge in [0.15, 0.2) is 0 Å². The Morgan fingerprint density at radius 1 is 0.682 bits per heavy atom. The van der Waals surface area contributed by atoms with Crippen LogP contribution < -0.4 is 0 Å². The SMILES string of the molecule is CCC=CCC=CCC=CCC=CCCC=CCC(C)CO. The molecule has 1 nitrogen and oxygen atoms in total. The van der Waals surface area contributed by atoms with Gasteiger partial charge in [-0.3, -0.25) is 0 Å². The zero-order valence-electron chi connectivity index (χ0n) is 14.5. The lowest BCUT2D eigenvalue weighted by molar-refractivity contribution is 0.239. The Balaban J connectivity index is 3.46. The van der Waals surface area contributed by atoms with Crippen molar-refractivity contribution < 1.29 is 5.11 Å². The Morgan fingerprint density at radius 3 is 1.64 bits per heavy atom. The van der Waals surface area contributed by atoms with Crippen molar-refractivity contribution in [3.63, 3.8) is 0 Å². The van der Waals surface area contributed by atoms with Crippen LogP contribution in [0, 0.1) is 5.92 Å². The van der Waals surface area contributed by atoms with Gasteiger partial charge in [0, 0.05) is 6.61 Å². The third-order valence-corrected chi connectivity index (χ3v) is 3.24. The number of unbranched alkanes of at least 4 members (excludes halogenated alkanes) is 1. The molecule has 22 heavy (non-hydrogen) atoms. The van der Waals surface area contributed by atoms with Gasteiger partial charge in [-0.05, 0) is 50.9 Å². The molecule has 0 saturated heterocycles. The Labute approximate surface area is 137 Å². The van der Waals surface area contributed by atoms with Crippen molar-refractivity contribution >= 4 is 0 Å². The molecule has 124 valence electrons. The second-order valence-corrected chi connectivity index (χ2v) is 5.57. The lowest BCUT2D eigenvalue weighted by Gasteiger charge is -2.00. The van der Waals surface area contributed by atoms with E-state index in [1.807, 2.05) is 0 Å². The van der Waals surface area contributed by atoms with Crippen molar-refractivity contribution in [2.45, 2.75) is 58.8 Å². The van der Waals surface area contributed by atoms with Crippen LogP contribution in [0.25, 0.3) is 0 Å². The van der Waals surface area contributed by atoms with E-state index in [1.54, 1.807) is 0 Å². The molecule has 0 amide bonds. The van der Waals surface area contributed by atoms with Crippen LogP contribution in [-0.2, 0) is 0 Å². The Morgan fingerprint density at radius 2 is 1.14 bits per heavy atom. The number of rotatable bonds is 13. The minimum Gasteiger partial charge on any atom is -0.396 e. The summed E-state index contributed by atoms with van der Waals surface area (Å²) in [7, 11) is 0. The van der Waals surface area contributed by atoms with Gasteiger partial charge in [0.05, 0.1) is 0 Å². The summed E-state index contributed by atoms with van der Waals surface area (Å²) in [6.45, 7) is 4.50. The fourth-order valence-electron chi connectivity index (χ4n) is 1.81. The third kappa shape index (κ3) is 16.7. The molecule has 0 aliphatic heterocycles. The normalized spacial score (nSPS) is 14.5. The lowest BCUT2D eigenvalue weighted by atomic mass is 10.1. The minimum absolute atomic E-state index is 0.279. The molecule has 1 N–H and O–H groups in total. The molecule has 0 heterocycles. The zero-order valence-corrected chi connectivity index (χ0v) is 14.5. The van der Waals surface area contributed by atoms with Gasteiger partial charge in [0.2, 0.25) is 0 Å². The van der Waals surface area contributed by atoms with Crippen LogP contribution in [0.15, 0.2) is 60.8 Å². The predicted molar refractivity (Wildman–Crippen MR) is 99.9 cm³/mol. The summed E-state index contributed by atoms with van der Waals surface area (Å²) in [5.41, 5.74) is 0. The van der Waals surface area contributed by atoms with Crippen molar-refractivity contribution in [3.05, 3.63) is 60.8 Å². The van der Waals surface area contributed by atoms with E-state index in [9.17, 15) is 0 Å². The number of allylic oxidation sites excluding steroid dienone is 10. The maximum atomic E-state index is 8.90. The molecular formula is C21H34O. The van der Waals surface area contributed by atoms with Gasteiger partial charge < -0.3 is 5.11 Å². The first-order chi connectivity index (χ1) is 10.8. The van der Waals surface area contributed by atoms with Crippen LogP contribution in [0.1, 0.15) is 58.8 Å². The zero-order chi connectivity index (χ0) is 16.3. The van der Waals surface area contributed by atoms with Crippen LogP contribution in [0.5, 0.6) is 0 Å². The Kier molecular flexibility index (Phi) is 16.6. The van der Waals surface area contributed by atoms with Gasteiger partial charge in [-0.15, -0.1) is 0 Å². The third-order valence-electron chi connectivity index (χ3n) is 3.24. The van der Waals surface area contributed by atoms with Crippen LogP contribution in [0.3, 0.4) is 0 Å². The van der Waals surface area contributed by atoms with Crippen LogP contribution in [-0.4, -0.2) is 11.7 Å². The summed E-state index contributed by atoms with van der Waals surface area (Å²) in [6, 6.07) is 0. The Hall–Kier alpha value is -1.34. The number of hydrogen-bond donors (Lipinski definition) is 1. The summed E-state index contributed by atoms with van der Waals surface area (Å²) >= 11 is 0. The monoisotopic (exact) mass is 302 g/mol. The van der Waals surface area contributed by atoms with Gasteiger partial charge in [0.1, 0.15) is 0 Å². The average Bonchev–Trinajstić information content (AvgIpc) is 2.54. The maximum absolute atomic E-state index is 8.90. The van der Waals surface area contributed by atoms with Crippen molar-refractivity contribution in [3.8, 4) is 0 Å². The van der Waals surface area contributed by atoms with E-state index in [4.69, 9.17) is 5.11 Å². The number of aliphatic hydroxyl groups is 1. The summed E-state index contributed by atoms with van der Waals surface area (Å²) in [4.78, 5) is 0. The lowest BCUT2D eigenvalue weighted by Crippen LogP contribution is -1.97. The van der Waals surface area contributed by atoms with E-state index in [0.29, 0.717) is 5.92 Å². The maximum Gasteiger partial charge on any atom is 0.0459 e. The second-order valence-electron chi connectivity index (χ2n) is 5.57. The molecule has 0 rings (SSSR count). The predicted octanol–water partition coefficient (Wildman–Crippen LogP) is 6.15. The summed E-state index contributed by atoms with van der Waals surface area (Å²) in [6.07, 6.45) is 29.5. The summed E-state index contributed by atoms with van der Waals surface area (Å²) < 4.78 is 0. The Bertz CT molecular complexity index is 358.